The minimum Gasteiger partial charge on any atom is -0.495 e. The van der Waals surface area contributed by atoms with E-state index in [4.69, 9.17) is 16.3 Å². The lowest BCUT2D eigenvalue weighted by Gasteiger charge is -2.16. The number of likely N-dealkylation sites (N-methyl/N-ethyl adjacent to an activating group) is 1. The Hall–Kier alpha value is -1.26. The van der Waals surface area contributed by atoms with Crippen molar-refractivity contribution in [2.45, 2.75) is 19.8 Å². The van der Waals surface area contributed by atoms with Crippen molar-refractivity contribution in [3.8, 4) is 5.75 Å². The maximum atomic E-state index is 11.9. The van der Waals surface area contributed by atoms with Crippen LogP contribution >= 0.6 is 11.6 Å². The van der Waals surface area contributed by atoms with Crippen LogP contribution in [0.4, 0.5) is 5.69 Å². The Kier molecular flexibility index (Phi) is 6.67. The molecule has 1 amide bonds. The van der Waals surface area contributed by atoms with Crippen LogP contribution in [0, 0.1) is 0 Å². The standard InChI is InChI=1S/C14H21ClN2O2/c1-4-5-8-17(2)10-14(18)16-12-9-11(15)6-7-13(12)19-3/h6-7,9H,4-5,8,10H2,1-3H3,(H,16,18). The van der Waals surface area contributed by atoms with Crippen molar-refractivity contribution >= 4 is 23.2 Å². The molecule has 0 radical (unpaired) electrons. The number of carbonyl (C=O) groups excluding carboxylic acids is 1. The molecule has 1 aromatic rings. The van der Waals surface area contributed by atoms with Gasteiger partial charge in [0, 0.05) is 5.02 Å². The molecule has 5 heteroatoms. The van der Waals surface area contributed by atoms with Gasteiger partial charge in [-0.3, -0.25) is 9.69 Å². The number of hydrogen-bond acceptors (Lipinski definition) is 3. The first-order valence-electron chi connectivity index (χ1n) is 6.38. The van der Waals surface area contributed by atoms with Crippen LogP contribution in [0.25, 0.3) is 0 Å². The number of halogens is 1. The highest BCUT2D eigenvalue weighted by molar-refractivity contribution is 6.31. The van der Waals surface area contributed by atoms with E-state index in [1.165, 1.54) is 0 Å². The third-order valence-corrected chi connectivity index (χ3v) is 2.98. The van der Waals surface area contributed by atoms with E-state index in [0.717, 1.165) is 19.4 Å². The lowest BCUT2D eigenvalue weighted by atomic mass is 10.3. The van der Waals surface area contributed by atoms with Gasteiger partial charge in [-0.05, 0) is 38.2 Å². The zero-order chi connectivity index (χ0) is 14.3. The van der Waals surface area contributed by atoms with Gasteiger partial charge in [0.2, 0.25) is 5.91 Å². The number of hydrogen-bond donors (Lipinski definition) is 1. The van der Waals surface area contributed by atoms with E-state index < -0.39 is 0 Å². The van der Waals surface area contributed by atoms with Crippen LogP contribution in [0.3, 0.4) is 0 Å². The first kappa shape index (κ1) is 15.8. The maximum absolute atomic E-state index is 11.9. The Morgan fingerprint density at radius 1 is 1.47 bits per heavy atom. The van der Waals surface area contributed by atoms with Gasteiger partial charge in [0.15, 0.2) is 0 Å². The molecule has 106 valence electrons. The average molecular weight is 285 g/mol. The van der Waals surface area contributed by atoms with E-state index in [-0.39, 0.29) is 5.91 Å². The third kappa shape index (κ3) is 5.49. The number of nitrogens with one attached hydrogen (secondary N) is 1. The number of benzene rings is 1. The molecule has 1 N–H and O–H groups in total. The number of unbranched alkanes of at least 4 members (excludes halogenated alkanes) is 1. The molecular weight excluding hydrogens is 264 g/mol. The van der Waals surface area contributed by atoms with Gasteiger partial charge in [-0.1, -0.05) is 24.9 Å². The molecule has 0 saturated heterocycles. The summed E-state index contributed by atoms with van der Waals surface area (Å²) in [5.41, 5.74) is 0.601. The largest absolute Gasteiger partial charge is 0.495 e. The highest BCUT2D eigenvalue weighted by atomic mass is 35.5. The van der Waals surface area contributed by atoms with Crippen LogP contribution in [0.2, 0.25) is 5.02 Å². The molecule has 0 heterocycles. The molecule has 4 nitrogen and oxygen atoms in total. The number of amides is 1. The zero-order valence-corrected chi connectivity index (χ0v) is 12.5. The Morgan fingerprint density at radius 2 is 2.21 bits per heavy atom. The van der Waals surface area contributed by atoms with Crippen LogP contribution in [0.5, 0.6) is 5.75 Å². The smallest absolute Gasteiger partial charge is 0.238 e. The molecule has 0 aliphatic heterocycles. The van der Waals surface area contributed by atoms with Gasteiger partial charge in [-0.2, -0.15) is 0 Å². The number of carbonyl (C=O) groups is 1. The fourth-order valence-electron chi connectivity index (χ4n) is 1.72. The van der Waals surface area contributed by atoms with Crippen LogP contribution in [0.15, 0.2) is 18.2 Å². The van der Waals surface area contributed by atoms with E-state index in [1.54, 1.807) is 25.3 Å². The number of anilines is 1. The topological polar surface area (TPSA) is 41.6 Å². The normalized spacial score (nSPS) is 10.6. The second-order valence-corrected chi connectivity index (χ2v) is 4.92. The SMILES string of the molecule is CCCCN(C)CC(=O)Nc1cc(Cl)ccc1OC. The van der Waals surface area contributed by atoms with Crippen molar-refractivity contribution < 1.29 is 9.53 Å². The summed E-state index contributed by atoms with van der Waals surface area (Å²) in [7, 11) is 3.50. The van der Waals surface area contributed by atoms with Crippen molar-refractivity contribution in [3.05, 3.63) is 23.2 Å². The Morgan fingerprint density at radius 3 is 2.84 bits per heavy atom. The summed E-state index contributed by atoms with van der Waals surface area (Å²) in [6, 6.07) is 5.15. The van der Waals surface area contributed by atoms with E-state index in [0.29, 0.717) is 23.0 Å². The predicted molar refractivity (Wildman–Crippen MR) is 79.0 cm³/mol. The molecule has 1 rings (SSSR count). The van der Waals surface area contributed by atoms with Gasteiger partial charge < -0.3 is 10.1 Å². The molecule has 0 aromatic heterocycles. The molecule has 0 spiro atoms. The molecule has 19 heavy (non-hydrogen) atoms. The number of ether oxygens (including phenoxy) is 1. The van der Waals surface area contributed by atoms with Gasteiger partial charge in [-0.25, -0.2) is 0 Å². The Balaban J connectivity index is 2.59. The van der Waals surface area contributed by atoms with Crippen molar-refractivity contribution in [1.82, 2.24) is 4.90 Å². The van der Waals surface area contributed by atoms with Crippen molar-refractivity contribution in [1.29, 1.82) is 0 Å². The summed E-state index contributed by atoms with van der Waals surface area (Å²) in [6.45, 7) is 3.40. The average Bonchev–Trinajstić information content (AvgIpc) is 2.36. The molecule has 0 aliphatic carbocycles. The molecule has 0 aliphatic rings. The molecule has 0 atom stereocenters. The molecule has 1 aromatic carbocycles. The van der Waals surface area contributed by atoms with Crippen molar-refractivity contribution in [2.75, 3.05) is 32.6 Å². The molecule has 0 fully saturated rings. The summed E-state index contributed by atoms with van der Waals surface area (Å²) >= 11 is 5.91. The minimum absolute atomic E-state index is 0.0702. The van der Waals surface area contributed by atoms with Crippen LogP contribution in [-0.4, -0.2) is 38.1 Å². The number of nitrogens with zero attached hydrogens (tertiary/aromatic N) is 1. The van der Waals surface area contributed by atoms with Crippen LogP contribution in [0.1, 0.15) is 19.8 Å². The van der Waals surface area contributed by atoms with Gasteiger partial charge in [0.1, 0.15) is 5.75 Å². The van der Waals surface area contributed by atoms with Crippen molar-refractivity contribution in [3.63, 3.8) is 0 Å². The molecule has 0 bridgehead atoms. The Labute approximate surface area is 119 Å². The van der Waals surface area contributed by atoms with Crippen LogP contribution in [-0.2, 0) is 4.79 Å². The summed E-state index contributed by atoms with van der Waals surface area (Å²) < 4.78 is 5.18. The summed E-state index contributed by atoms with van der Waals surface area (Å²) in [6.07, 6.45) is 2.21. The highest BCUT2D eigenvalue weighted by Gasteiger charge is 2.10. The Bertz CT molecular complexity index is 424. The molecule has 0 unspecified atom stereocenters. The number of methoxy groups -OCH3 is 1. The fraction of sp³-hybridized carbons (Fsp3) is 0.500. The van der Waals surface area contributed by atoms with Crippen molar-refractivity contribution in [2.24, 2.45) is 0 Å². The molecule has 0 saturated carbocycles. The van der Waals surface area contributed by atoms with Gasteiger partial charge >= 0.3 is 0 Å². The van der Waals surface area contributed by atoms with E-state index >= 15 is 0 Å². The van der Waals surface area contributed by atoms with Gasteiger partial charge in [0.05, 0.1) is 19.3 Å². The first-order chi connectivity index (χ1) is 9.06. The summed E-state index contributed by atoms with van der Waals surface area (Å²) in [5.74, 6) is 0.535. The monoisotopic (exact) mass is 284 g/mol. The molecular formula is C14H21ClN2O2. The quantitative estimate of drug-likeness (QED) is 0.837. The predicted octanol–water partition coefficient (Wildman–Crippen LogP) is 3.02. The van der Waals surface area contributed by atoms with Crippen LogP contribution < -0.4 is 10.1 Å². The lowest BCUT2D eigenvalue weighted by molar-refractivity contribution is -0.117. The second-order valence-electron chi connectivity index (χ2n) is 4.48. The lowest BCUT2D eigenvalue weighted by Crippen LogP contribution is -2.30. The van der Waals surface area contributed by atoms with E-state index in [1.807, 2.05) is 11.9 Å². The maximum Gasteiger partial charge on any atom is 0.238 e. The second kappa shape index (κ2) is 8.02. The minimum atomic E-state index is -0.0702. The van der Waals surface area contributed by atoms with E-state index in [9.17, 15) is 4.79 Å². The van der Waals surface area contributed by atoms with Gasteiger partial charge in [-0.15, -0.1) is 0 Å². The highest BCUT2D eigenvalue weighted by Crippen LogP contribution is 2.27. The number of rotatable bonds is 7. The third-order valence-electron chi connectivity index (χ3n) is 2.74. The zero-order valence-electron chi connectivity index (χ0n) is 11.7. The van der Waals surface area contributed by atoms with Gasteiger partial charge in [0.25, 0.3) is 0 Å². The fourth-order valence-corrected chi connectivity index (χ4v) is 1.89. The summed E-state index contributed by atoms with van der Waals surface area (Å²) in [4.78, 5) is 13.9. The summed E-state index contributed by atoms with van der Waals surface area (Å²) in [5, 5.41) is 3.38. The van der Waals surface area contributed by atoms with E-state index in [2.05, 4.69) is 12.2 Å². The first-order valence-corrected chi connectivity index (χ1v) is 6.76.